The number of carbonyl (C=O) groups is 1. The molecule has 0 aliphatic heterocycles. The van der Waals surface area contributed by atoms with E-state index in [0.717, 1.165) is 17.0 Å². The quantitative estimate of drug-likeness (QED) is 0.344. The van der Waals surface area contributed by atoms with E-state index < -0.39 is 0 Å². The fraction of sp³-hybridized carbons (Fsp3) is 0.579. The number of guanidine groups is 1. The largest absolute Gasteiger partial charge is 0.355 e. The summed E-state index contributed by atoms with van der Waals surface area (Å²) in [7, 11) is 3.63. The molecule has 1 aliphatic rings. The predicted octanol–water partition coefficient (Wildman–Crippen LogP) is 3.52. The number of nitrogens with one attached hydrogen (secondary N) is 2. The Bertz CT molecular complexity index is 653. The van der Waals surface area contributed by atoms with Gasteiger partial charge in [0.15, 0.2) is 5.96 Å². The average molecular weight is 537 g/mol. The smallest absolute Gasteiger partial charge is 0.240 e. The monoisotopic (exact) mass is 536 g/mol. The highest BCUT2D eigenvalue weighted by Gasteiger charge is 2.44. The highest BCUT2D eigenvalue weighted by Crippen LogP contribution is 2.48. The van der Waals surface area contributed by atoms with Gasteiger partial charge in [-0.1, -0.05) is 28.1 Å². The number of carbonyl (C=O) groups excluding carboxylic acids is 1. The minimum absolute atomic E-state index is 0. The van der Waals surface area contributed by atoms with Crippen LogP contribution in [0.25, 0.3) is 0 Å². The summed E-state index contributed by atoms with van der Waals surface area (Å²) in [5.41, 5.74) is 1.29. The van der Waals surface area contributed by atoms with Gasteiger partial charge >= 0.3 is 0 Å². The van der Waals surface area contributed by atoms with E-state index in [4.69, 9.17) is 0 Å². The maximum Gasteiger partial charge on any atom is 0.240 e. The second-order valence-electron chi connectivity index (χ2n) is 7.85. The summed E-state index contributed by atoms with van der Waals surface area (Å²) in [6.45, 7) is 7.04. The molecule has 0 unspecified atom stereocenters. The molecule has 146 valence electrons. The third-order valence-corrected chi connectivity index (χ3v) is 4.84. The fourth-order valence-electron chi connectivity index (χ4n) is 2.92. The molecule has 0 atom stereocenters. The van der Waals surface area contributed by atoms with Gasteiger partial charge < -0.3 is 15.5 Å². The SMILES string of the molecule is CN=C(NCC1(c2cccc(Br)c2)CC1)N(C)CC(=O)NC(C)(C)C.I. The zero-order valence-electron chi connectivity index (χ0n) is 16.2. The van der Waals surface area contributed by atoms with Crippen LogP contribution in [0, 0.1) is 0 Å². The van der Waals surface area contributed by atoms with Gasteiger partial charge in [0.1, 0.15) is 0 Å². The average Bonchev–Trinajstić information content (AvgIpc) is 3.27. The van der Waals surface area contributed by atoms with Gasteiger partial charge in [-0.3, -0.25) is 9.79 Å². The van der Waals surface area contributed by atoms with Crippen LogP contribution in [0.15, 0.2) is 33.7 Å². The summed E-state index contributed by atoms with van der Waals surface area (Å²) in [6.07, 6.45) is 2.34. The molecule has 1 aliphatic carbocycles. The lowest BCUT2D eigenvalue weighted by Gasteiger charge is -2.26. The molecule has 26 heavy (non-hydrogen) atoms. The zero-order chi connectivity index (χ0) is 18.7. The molecular weight excluding hydrogens is 507 g/mol. The molecule has 2 rings (SSSR count). The van der Waals surface area contributed by atoms with Crippen LogP contribution in [0.4, 0.5) is 0 Å². The van der Waals surface area contributed by atoms with Gasteiger partial charge in [0, 0.05) is 36.1 Å². The van der Waals surface area contributed by atoms with E-state index in [1.54, 1.807) is 7.05 Å². The second-order valence-corrected chi connectivity index (χ2v) is 8.76. The molecule has 1 saturated carbocycles. The summed E-state index contributed by atoms with van der Waals surface area (Å²) in [4.78, 5) is 18.3. The van der Waals surface area contributed by atoms with E-state index in [0.29, 0.717) is 0 Å². The molecule has 7 heteroatoms. The highest BCUT2D eigenvalue weighted by molar-refractivity contribution is 14.0. The Morgan fingerprint density at radius 2 is 2.00 bits per heavy atom. The molecule has 0 saturated heterocycles. The Labute approximate surface area is 182 Å². The molecule has 1 aromatic rings. The van der Waals surface area contributed by atoms with Gasteiger partial charge in [0.2, 0.25) is 5.91 Å². The Hall–Kier alpha value is -0.830. The second kappa shape index (κ2) is 9.39. The maximum atomic E-state index is 12.1. The highest BCUT2D eigenvalue weighted by atomic mass is 127. The van der Waals surface area contributed by atoms with Gasteiger partial charge in [0.05, 0.1) is 6.54 Å². The van der Waals surface area contributed by atoms with E-state index in [9.17, 15) is 4.79 Å². The lowest BCUT2D eigenvalue weighted by molar-refractivity contribution is -0.122. The van der Waals surface area contributed by atoms with Crippen molar-refractivity contribution in [3.8, 4) is 0 Å². The van der Waals surface area contributed by atoms with E-state index in [1.807, 2.05) is 38.8 Å². The third-order valence-electron chi connectivity index (χ3n) is 4.34. The number of benzene rings is 1. The number of likely N-dealkylation sites (N-methyl/N-ethyl adjacent to an activating group) is 1. The first kappa shape index (κ1) is 23.2. The van der Waals surface area contributed by atoms with E-state index >= 15 is 0 Å². The first-order chi connectivity index (χ1) is 11.6. The van der Waals surface area contributed by atoms with Crippen molar-refractivity contribution < 1.29 is 4.79 Å². The molecule has 5 nitrogen and oxygen atoms in total. The molecule has 1 fully saturated rings. The van der Waals surface area contributed by atoms with Gasteiger partial charge in [-0.25, -0.2) is 0 Å². The van der Waals surface area contributed by atoms with Gasteiger partial charge in [-0.15, -0.1) is 24.0 Å². The van der Waals surface area contributed by atoms with Crippen molar-refractivity contribution >= 4 is 51.8 Å². The van der Waals surface area contributed by atoms with E-state index in [-0.39, 0.29) is 47.4 Å². The van der Waals surface area contributed by atoms with Crippen molar-refractivity contribution in [2.24, 2.45) is 4.99 Å². The summed E-state index contributed by atoms with van der Waals surface area (Å²) < 4.78 is 1.11. The van der Waals surface area contributed by atoms with Crippen LogP contribution in [0.3, 0.4) is 0 Å². The molecule has 0 bridgehead atoms. The van der Waals surface area contributed by atoms with Crippen LogP contribution in [0.2, 0.25) is 0 Å². The van der Waals surface area contributed by atoms with Crippen LogP contribution in [0.5, 0.6) is 0 Å². The van der Waals surface area contributed by atoms with Crippen molar-refractivity contribution in [1.82, 2.24) is 15.5 Å². The van der Waals surface area contributed by atoms with Crippen molar-refractivity contribution in [3.05, 3.63) is 34.3 Å². The van der Waals surface area contributed by atoms with Crippen LogP contribution in [-0.2, 0) is 10.2 Å². The molecular formula is C19H30BrIN4O. The van der Waals surface area contributed by atoms with Crippen molar-refractivity contribution in [2.45, 2.75) is 44.6 Å². The Morgan fingerprint density at radius 3 is 2.50 bits per heavy atom. The minimum atomic E-state index is -0.229. The summed E-state index contributed by atoms with van der Waals surface area (Å²) in [5, 5.41) is 6.42. The number of hydrogen-bond donors (Lipinski definition) is 2. The Kier molecular flexibility index (Phi) is 8.38. The van der Waals surface area contributed by atoms with Crippen LogP contribution < -0.4 is 10.6 Å². The molecule has 2 N–H and O–H groups in total. The van der Waals surface area contributed by atoms with Gasteiger partial charge in [-0.2, -0.15) is 0 Å². The Balaban J connectivity index is 0.00000338. The lowest BCUT2D eigenvalue weighted by Crippen LogP contribution is -2.49. The number of hydrogen-bond acceptors (Lipinski definition) is 2. The predicted molar refractivity (Wildman–Crippen MR) is 122 cm³/mol. The van der Waals surface area contributed by atoms with Gasteiger partial charge in [-0.05, 0) is 51.3 Å². The normalized spacial score (nSPS) is 15.7. The maximum absolute atomic E-state index is 12.1. The zero-order valence-corrected chi connectivity index (χ0v) is 20.1. The Morgan fingerprint density at radius 1 is 1.35 bits per heavy atom. The number of halogens is 2. The molecule has 0 radical (unpaired) electrons. The number of amides is 1. The van der Waals surface area contributed by atoms with Crippen molar-refractivity contribution in [2.75, 3.05) is 27.2 Å². The van der Waals surface area contributed by atoms with Crippen LogP contribution in [0.1, 0.15) is 39.2 Å². The molecule has 0 spiro atoms. The minimum Gasteiger partial charge on any atom is -0.355 e. The number of nitrogens with zero attached hydrogens (tertiary/aromatic N) is 2. The van der Waals surface area contributed by atoms with Crippen LogP contribution in [-0.4, -0.2) is 49.5 Å². The molecule has 1 aromatic carbocycles. The topological polar surface area (TPSA) is 56.7 Å². The summed E-state index contributed by atoms with van der Waals surface area (Å²) >= 11 is 3.55. The first-order valence-corrected chi connectivity index (χ1v) is 9.43. The lowest BCUT2D eigenvalue weighted by atomic mass is 9.96. The van der Waals surface area contributed by atoms with E-state index in [1.165, 1.54) is 18.4 Å². The third kappa shape index (κ3) is 6.72. The van der Waals surface area contributed by atoms with Gasteiger partial charge in [0.25, 0.3) is 0 Å². The number of aliphatic imine (C=N–C) groups is 1. The summed E-state index contributed by atoms with van der Waals surface area (Å²) in [5.74, 6) is 0.733. The number of rotatable bonds is 5. The van der Waals surface area contributed by atoms with Crippen molar-refractivity contribution in [3.63, 3.8) is 0 Å². The molecule has 1 amide bonds. The van der Waals surface area contributed by atoms with E-state index in [2.05, 4.69) is 49.8 Å². The summed E-state index contributed by atoms with van der Waals surface area (Å²) in [6, 6.07) is 8.51. The van der Waals surface area contributed by atoms with Crippen molar-refractivity contribution in [1.29, 1.82) is 0 Å². The van der Waals surface area contributed by atoms with Crippen LogP contribution >= 0.6 is 39.9 Å². The molecule has 0 heterocycles. The molecule has 0 aromatic heterocycles. The first-order valence-electron chi connectivity index (χ1n) is 8.64. The fourth-order valence-corrected chi connectivity index (χ4v) is 3.32. The standard InChI is InChI=1S/C19H29BrN4O.HI/c1-18(2,3)23-16(25)12-24(5)17(21-4)22-13-19(9-10-19)14-7-6-8-15(20)11-14;/h6-8,11H,9-10,12-13H2,1-5H3,(H,21,22)(H,23,25);1H.